The van der Waals surface area contributed by atoms with Crippen LogP contribution in [0.3, 0.4) is 0 Å². The third-order valence-electron chi connectivity index (χ3n) is 4.50. The predicted octanol–water partition coefficient (Wildman–Crippen LogP) is 2.46. The lowest BCUT2D eigenvalue weighted by atomic mass is 10.1. The highest BCUT2D eigenvalue weighted by molar-refractivity contribution is 8.00. The minimum atomic E-state index is -0.368. The van der Waals surface area contributed by atoms with E-state index in [4.69, 9.17) is 4.74 Å². The molecule has 0 bridgehead atoms. The van der Waals surface area contributed by atoms with E-state index in [-0.39, 0.29) is 16.9 Å². The first kappa shape index (κ1) is 20.3. The summed E-state index contributed by atoms with van der Waals surface area (Å²) in [6.07, 6.45) is 0. The number of rotatable bonds is 7. The van der Waals surface area contributed by atoms with E-state index in [0.717, 1.165) is 25.6 Å². The number of nitrogens with one attached hydrogen (secondary N) is 1. The van der Waals surface area contributed by atoms with Crippen molar-refractivity contribution in [2.75, 3.05) is 36.5 Å². The molecule has 3 rings (SSSR count). The largest absolute Gasteiger partial charge is 0.378 e. The maximum atomic E-state index is 12.6. The topological polar surface area (TPSA) is 89.3 Å². The van der Waals surface area contributed by atoms with Gasteiger partial charge in [0.1, 0.15) is 0 Å². The van der Waals surface area contributed by atoms with E-state index < -0.39 is 0 Å². The summed E-state index contributed by atoms with van der Waals surface area (Å²) in [6.45, 7) is 9.01. The van der Waals surface area contributed by atoms with Crippen molar-refractivity contribution in [2.24, 2.45) is 0 Å². The monoisotopic (exact) mass is 403 g/mol. The van der Waals surface area contributed by atoms with Crippen molar-refractivity contribution in [3.05, 3.63) is 29.8 Å². The van der Waals surface area contributed by atoms with Gasteiger partial charge in [0.15, 0.2) is 10.9 Å². The summed E-state index contributed by atoms with van der Waals surface area (Å²) in [5, 5.41) is 11.8. The molecule has 0 spiro atoms. The smallest absolute Gasteiger partial charge is 0.237 e. The predicted molar refractivity (Wildman–Crippen MR) is 109 cm³/mol. The highest BCUT2D eigenvalue weighted by Gasteiger charge is 2.23. The Morgan fingerprint density at radius 3 is 2.71 bits per heavy atom. The SMILES string of the molecule is CCn1c(S[C@H](C)C(=O)Nc2cccc(C(C)=O)c2)nnc1N1CCOCC1. The molecule has 1 aliphatic heterocycles. The number of carbonyl (C=O) groups excluding carboxylic acids is 2. The van der Waals surface area contributed by atoms with Gasteiger partial charge < -0.3 is 15.0 Å². The Hall–Kier alpha value is -2.39. The fraction of sp³-hybridized carbons (Fsp3) is 0.474. The summed E-state index contributed by atoms with van der Waals surface area (Å²) in [4.78, 5) is 26.3. The van der Waals surface area contributed by atoms with Gasteiger partial charge >= 0.3 is 0 Å². The highest BCUT2D eigenvalue weighted by atomic mass is 32.2. The number of ether oxygens (including phenoxy) is 1. The molecule has 9 heteroatoms. The van der Waals surface area contributed by atoms with Crippen LogP contribution in [0.15, 0.2) is 29.4 Å². The van der Waals surface area contributed by atoms with E-state index >= 15 is 0 Å². The molecule has 28 heavy (non-hydrogen) atoms. The molecule has 150 valence electrons. The molecule has 8 nitrogen and oxygen atoms in total. The van der Waals surface area contributed by atoms with Crippen LogP contribution in [0.4, 0.5) is 11.6 Å². The van der Waals surface area contributed by atoms with E-state index in [9.17, 15) is 9.59 Å². The summed E-state index contributed by atoms with van der Waals surface area (Å²) in [7, 11) is 0. The Morgan fingerprint density at radius 1 is 1.29 bits per heavy atom. The number of nitrogens with zero attached hydrogens (tertiary/aromatic N) is 4. The van der Waals surface area contributed by atoms with Crippen molar-refractivity contribution in [3.8, 4) is 0 Å². The van der Waals surface area contributed by atoms with E-state index in [1.807, 2.05) is 18.4 Å². The molecule has 0 radical (unpaired) electrons. The number of anilines is 2. The molecular formula is C19H25N5O3S. The van der Waals surface area contributed by atoms with Gasteiger partial charge in [0, 0.05) is 30.9 Å². The average molecular weight is 404 g/mol. The van der Waals surface area contributed by atoms with E-state index in [0.29, 0.717) is 29.6 Å². The normalized spacial score (nSPS) is 15.3. The Balaban J connectivity index is 1.67. The average Bonchev–Trinajstić information content (AvgIpc) is 3.11. The van der Waals surface area contributed by atoms with Crippen LogP contribution in [-0.4, -0.2) is 58.0 Å². The molecule has 1 aromatic heterocycles. The Morgan fingerprint density at radius 2 is 2.04 bits per heavy atom. The Labute approximate surface area is 168 Å². The molecule has 1 saturated heterocycles. The van der Waals surface area contributed by atoms with Gasteiger partial charge in [-0.15, -0.1) is 10.2 Å². The molecule has 0 saturated carbocycles. The maximum absolute atomic E-state index is 12.6. The van der Waals surface area contributed by atoms with Crippen molar-refractivity contribution >= 4 is 35.1 Å². The lowest BCUT2D eigenvalue weighted by Gasteiger charge is -2.27. The van der Waals surface area contributed by atoms with Crippen molar-refractivity contribution in [2.45, 2.75) is 37.7 Å². The number of ketones is 1. The number of hydrogen-bond donors (Lipinski definition) is 1. The van der Waals surface area contributed by atoms with Crippen LogP contribution >= 0.6 is 11.8 Å². The van der Waals surface area contributed by atoms with E-state index in [1.54, 1.807) is 24.3 Å². The van der Waals surface area contributed by atoms with Crippen LogP contribution in [0.25, 0.3) is 0 Å². The van der Waals surface area contributed by atoms with Crippen LogP contribution in [0.2, 0.25) is 0 Å². The first-order chi connectivity index (χ1) is 13.5. The number of amides is 1. The van der Waals surface area contributed by atoms with Gasteiger partial charge in [-0.25, -0.2) is 0 Å². The van der Waals surface area contributed by atoms with Crippen LogP contribution < -0.4 is 10.2 Å². The number of benzene rings is 1. The first-order valence-electron chi connectivity index (χ1n) is 9.34. The second-order valence-corrected chi connectivity index (χ2v) is 7.82. The van der Waals surface area contributed by atoms with Crippen molar-refractivity contribution < 1.29 is 14.3 Å². The maximum Gasteiger partial charge on any atom is 0.237 e. The van der Waals surface area contributed by atoms with Gasteiger partial charge in [-0.05, 0) is 32.9 Å². The van der Waals surface area contributed by atoms with Crippen molar-refractivity contribution in [3.63, 3.8) is 0 Å². The Bertz CT molecular complexity index is 848. The molecule has 1 N–H and O–H groups in total. The summed E-state index contributed by atoms with van der Waals surface area (Å²) < 4.78 is 7.42. The van der Waals surface area contributed by atoms with Gasteiger partial charge in [0.2, 0.25) is 11.9 Å². The van der Waals surface area contributed by atoms with E-state index in [2.05, 4.69) is 20.4 Å². The van der Waals surface area contributed by atoms with Crippen LogP contribution in [0, 0.1) is 0 Å². The molecule has 1 aliphatic rings. The van der Waals surface area contributed by atoms with Crippen molar-refractivity contribution in [1.29, 1.82) is 0 Å². The second kappa shape index (κ2) is 9.20. The zero-order valence-electron chi connectivity index (χ0n) is 16.3. The third-order valence-corrected chi connectivity index (χ3v) is 5.58. The number of Topliss-reactive ketones (excluding diaryl/α,β-unsaturated/α-hetero) is 1. The quantitative estimate of drug-likeness (QED) is 0.561. The summed E-state index contributed by atoms with van der Waals surface area (Å²) in [5.41, 5.74) is 1.18. The zero-order chi connectivity index (χ0) is 20.1. The molecule has 0 unspecified atom stereocenters. The molecule has 2 aromatic rings. The van der Waals surface area contributed by atoms with E-state index in [1.165, 1.54) is 18.7 Å². The lowest BCUT2D eigenvalue weighted by Crippen LogP contribution is -2.38. The molecular weight excluding hydrogens is 378 g/mol. The standard InChI is InChI=1S/C19H25N5O3S/c1-4-24-18(23-8-10-27-11-9-23)21-22-19(24)28-14(3)17(26)20-16-7-5-6-15(12-16)13(2)25/h5-7,12,14H,4,8-11H2,1-3H3,(H,20,26)/t14-/m1/s1. The summed E-state index contributed by atoms with van der Waals surface area (Å²) in [5.74, 6) is 0.629. The first-order valence-corrected chi connectivity index (χ1v) is 10.2. The number of carbonyl (C=O) groups is 2. The molecule has 1 amide bonds. The number of thioether (sulfide) groups is 1. The van der Waals surface area contributed by atoms with Crippen molar-refractivity contribution in [1.82, 2.24) is 14.8 Å². The molecule has 2 heterocycles. The Kier molecular flexibility index (Phi) is 6.69. The van der Waals surface area contributed by atoms with Gasteiger partial charge in [-0.2, -0.15) is 0 Å². The van der Waals surface area contributed by atoms with Gasteiger partial charge in [0.25, 0.3) is 0 Å². The molecule has 1 atom stereocenters. The summed E-state index contributed by atoms with van der Waals surface area (Å²) in [6, 6.07) is 6.94. The van der Waals surface area contributed by atoms with Crippen LogP contribution in [0.1, 0.15) is 31.1 Å². The minimum absolute atomic E-state index is 0.0368. The minimum Gasteiger partial charge on any atom is -0.378 e. The fourth-order valence-corrected chi connectivity index (χ4v) is 3.82. The number of morpholine rings is 1. The highest BCUT2D eigenvalue weighted by Crippen LogP contribution is 2.27. The lowest BCUT2D eigenvalue weighted by molar-refractivity contribution is -0.115. The third kappa shape index (κ3) is 4.71. The molecule has 1 aromatic carbocycles. The number of hydrogen-bond acceptors (Lipinski definition) is 7. The van der Waals surface area contributed by atoms with Gasteiger partial charge in [-0.1, -0.05) is 23.9 Å². The van der Waals surface area contributed by atoms with Crippen LogP contribution in [0.5, 0.6) is 0 Å². The zero-order valence-corrected chi connectivity index (χ0v) is 17.2. The van der Waals surface area contributed by atoms with Gasteiger partial charge in [0.05, 0.1) is 18.5 Å². The fourth-order valence-electron chi connectivity index (χ4n) is 2.91. The van der Waals surface area contributed by atoms with Crippen LogP contribution in [-0.2, 0) is 16.1 Å². The second-order valence-electron chi connectivity index (χ2n) is 6.51. The summed E-state index contributed by atoms with van der Waals surface area (Å²) >= 11 is 1.37. The van der Waals surface area contributed by atoms with Gasteiger partial charge in [-0.3, -0.25) is 14.2 Å². The molecule has 1 fully saturated rings. The molecule has 0 aliphatic carbocycles. The number of aromatic nitrogens is 3.